The quantitative estimate of drug-likeness (QED) is 0.147. The molecule has 0 fully saturated rings. The van der Waals surface area contributed by atoms with Crippen molar-refractivity contribution >= 4 is 39.4 Å². The van der Waals surface area contributed by atoms with Gasteiger partial charge in [0.25, 0.3) is 11.8 Å². The van der Waals surface area contributed by atoms with E-state index in [1.165, 1.54) is 25.3 Å². The van der Waals surface area contributed by atoms with E-state index in [0.29, 0.717) is 44.6 Å². The molecular formula is C41H27N3O7. The molecule has 4 aromatic carbocycles. The van der Waals surface area contributed by atoms with Crippen LogP contribution < -0.4 is 20.9 Å². The number of rotatable bonds is 5. The number of hydrogen-bond donors (Lipinski definition) is 0. The van der Waals surface area contributed by atoms with Crippen molar-refractivity contribution in [1.82, 2.24) is 9.55 Å². The Labute approximate surface area is 289 Å². The maximum Gasteiger partial charge on any atom is 0.336 e. The molecule has 2 amide bonds. The normalized spacial score (nSPS) is 15.5. The van der Waals surface area contributed by atoms with Crippen molar-refractivity contribution in [3.05, 3.63) is 164 Å². The van der Waals surface area contributed by atoms with Crippen LogP contribution in [0.5, 0.6) is 5.75 Å². The van der Waals surface area contributed by atoms with Crippen LogP contribution in [0, 0.1) is 6.92 Å². The van der Waals surface area contributed by atoms with Crippen molar-refractivity contribution in [2.45, 2.75) is 19.3 Å². The zero-order valence-corrected chi connectivity index (χ0v) is 27.4. The van der Waals surface area contributed by atoms with Gasteiger partial charge in [0, 0.05) is 57.8 Å². The number of carbonyl (C=O) groups excluding carboxylic acids is 2. The van der Waals surface area contributed by atoms with E-state index in [9.17, 15) is 19.2 Å². The summed E-state index contributed by atoms with van der Waals surface area (Å²) >= 11 is 0. The van der Waals surface area contributed by atoms with E-state index in [4.69, 9.17) is 18.6 Å². The van der Waals surface area contributed by atoms with Gasteiger partial charge in [-0.05, 0) is 48.4 Å². The minimum atomic E-state index is -0.674. The zero-order valence-electron chi connectivity index (χ0n) is 27.4. The molecule has 0 spiro atoms. The number of imide groups is 1. The lowest BCUT2D eigenvalue weighted by Gasteiger charge is -2.26. The summed E-state index contributed by atoms with van der Waals surface area (Å²) < 4.78 is 18.6. The second kappa shape index (κ2) is 11.4. The van der Waals surface area contributed by atoms with Gasteiger partial charge in [-0.2, -0.15) is 0 Å². The fourth-order valence-electron chi connectivity index (χ4n) is 7.37. The molecule has 0 N–H and O–H groups in total. The van der Waals surface area contributed by atoms with E-state index in [1.807, 2.05) is 77.4 Å². The number of aryl methyl sites for hydroxylation is 1. The number of amides is 2. The predicted octanol–water partition coefficient (Wildman–Crippen LogP) is 6.63. The molecule has 0 saturated heterocycles. The van der Waals surface area contributed by atoms with Crippen LogP contribution in [0.15, 0.2) is 139 Å². The molecule has 0 saturated carbocycles. The van der Waals surface area contributed by atoms with Crippen LogP contribution in [0.1, 0.15) is 28.4 Å². The summed E-state index contributed by atoms with van der Waals surface area (Å²) in [4.78, 5) is 59.9. The number of hydrogen-bond acceptors (Lipinski definition) is 8. The number of fused-ring (bicyclic) bond motifs is 3. The van der Waals surface area contributed by atoms with Gasteiger partial charge in [0.05, 0.1) is 30.1 Å². The van der Waals surface area contributed by atoms with Crippen LogP contribution in [0.3, 0.4) is 0 Å². The number of aromatic nitrogens is 2. The van der Waals surface area contributed by atoms with Gasteiger partial charge in [0.2, 0.25) is 0 Å². The minimum Gasteiger partial charge on any atom is -0.494 e. The highest BCUT2D eigenvalue weighted by atomic mass is 16.5. The topological polar surface area (TPSA) is 125 Å². The number of nitrogens with zero attached hydrogens (tertiary/aromatic N) is 3. The fourth-order valence-corrected chi connectivity index (χ4v) is 7.37. The van der Waals surface area contributed by atoms with Gasteiger partial charge in [0.15, 0.2) is 0 Å². The molecule has 1 unspecified atom stereocenters. The second-order valence-corrected chi connectivity index (χ2v) is 12.6. The fraction of sp³-hybridized carbons (Fsp3) is 0.0976. The molecule has 51 heavy (non-hydrogen) atoms. The lowest BCUT2D eigenvalue weighted by Crippen LogP contribution is -2.32. The van der Waals surface area contributed by atoms with Crippen molar-refractivity contribution in [3.8, 4) is 22.8 Å². The molecule has 1 aliphatic heterocycles. The summed E-state index contributed by atoms with van der Waals surface area (Å²) in [5.74, 6) is -0.762. The first-order chi connectivity index (χ1) is 24.8. The van der Waals surface area contributed by atoms with E-state index in [-0.39, 0.29) is 23.4 Å². The van der Waals surface area contributed by atoms with Crippen LogP contribution in [0.4, 0.5) is 5.69 Å². The maximum atomic E-state index is 14.9. The average molecular weight is 674 g/mol. The van der Waals surface area contributed by atoms with Gasteiger partial charge in [-0.1, -0.05) is 60.7 Å². The van der Waals surface area contributed by atoms with E-state index < -0.39 is 29.0 Å². The van der Waals surface area contributed by atoms with Crippen molar-refractivity contribution < 1.29 is 23.2 Å². The maximum absolute atomic E-state index is 14.9. The average Bonchev–Trinajstić information content (AvgIpc) is 3.64. The summed E-state index contributed by atoms with van der Waals surface area (Å²) in [5.41, 5.74) is 5.18. The van der Waals surface area contributed by atoms with Gasteiger partial charge in [-0.15, -0.1) is 0 Å². The molecule has 1 aliphatic carbocycles. The molecule has 0 radical (unpaired) electrons. The van der Waals surface area contributed by atoms with Gasteiger partial charge < -0.3 is 13.6 Å². The first kappa shape index (κ1) is 30.3. The Bertz CT molecular complexity index is 2760. The van der Waals surface area contributed by atoms with Crippen LogP contribution >= 0.6 is 0 Å². The SMILES string of the molecule is COc1cc2oc(=O)cc(C)c2cc1N1C(=O)C2=C(C1=O)C(c1ccccc1)c1c(nc(-c3ccccc3)n1-c1ccc3oc(=O)ccc3c1)C2. The van der Waals surface area contributed by atoms with Crippen LogP contribution in [0.25, 0.3) is 39.0 Å². The summed E-state index contributed by atoms with van der Waals surface area (Å²) in [6.07, 6.45) is 0.119. The van der Waals surface area contributed by atoms with Crippen LogP contribution in [-0.2, 0) is 16.0 Å². The number of ether oxygens (including phenoxy) is 1. The number of anilines is 1. The van der Waals surface area contributed by atoms with E-state index in [2.05, 4.69) is 0 Å². The summed E-state index contributed by atoms with van der Waals surface area (Å²) in [5, 5.41) is 1.29. The van der Waals surface area contributed by atoms with E-state index in [0.717, 1.165) is 27.4 Å². The molecule has 9 rings (SSSR count). The molecule has 10 heteroatoms. The molecule has 1 atom stereocenters. The Morgan fingerprint density at radius 3 is 2.27 bits per heavy atom. The molecule has 248 valence electrons. The Hall–Kier alpha value is -6.81. The van der Waals surface area contributed by atoms with E-state index in [1.54, 1.807) is 25.1 Å². The van der Waals surface area contributed by atoms with E-state index >= 15 is 0 Å². The molecule has 0 bridgehead atoms. The highest BCUT2D eigenvalue weighted by Gasteiger charge is 2.49. The van der Waals surface area contributed by atoms with Crippen LogP contribution in [-0.4, -0.2) is 28.5 Å². The van der Waals surface area contributed by atoms with Crippen molar-refractivity contribution in [3.63, 3.8) is 0 Å². The zero-order chi connectivity index (χ0) is 35.0. The summed E-state index contributed by atoms with van der Waals surface area (Å²) in [6, 6.07) is 32.5. The number of carbonyl (C=O) groups is 2. The highest BCUT2D eigenvalue weighted by molar-refractivity contribution is 6.34. The largest absolute Gasteiger partial charge is 0.494 e. The number of benzene rings is 4. The first-order valence-corrected chi connectivity index (χ1v) is 16.3. The summed E-state index contributed by atoms with van der Waals surface area (Å²) in [7, 11) is 1.44. The lowest BCUT2D eigenvalue weighted by atomic mass is 9.79. The Balaban J connectivity index is 1.28. The first-order valence-electron chi connectivity index (χ1n) is 16.3. The Kier molecular flexibility index (Phi) is 6.75. The van der Waals surface area contributed by atoms with Crippen LogP contribution in [0.2, 0.25) is 0 Å². The third-order valence-electron chi connectivity index (χ3n) is 9.63. The molecule has 2 aliphatic rings. The molecule has 4 heterocycles. The smallest absolute Gasteiger partial charge is 0.336 e. The van der Waals surface area contributed by atoms with Crippen molar-refractivity contribution in [2.75, 3.05) is 12.0 Å². The van der Waals surface area contributed by atoms with Gasteiger partial charge >= 0.3 is 11.3 Å². The molecule has 3 aromatic heterocycles. The monoisotopic (exact) mass is 673 g/mol. The van der Waals surface area contributed by atoms with Crippen molar-refractivity contribution in [1.29, 1.82) is 0 Å². The highest BCUT2D eigenvalue weighted by Crippen LogP contribution is 2.49. The summed E-state index contributed by atoms with van der Waals surface area (Å²) in [6.45, 7) is 1.77. The molecule has 7 aromatic rings. The third kappa shape index (κ3) is 4.68. The predicted molar refractivity (Wildman–Crippen MR) is 190 cm³/mol. The molecule has 10 nitrogen and oxygen atoms in total. The second-order valence-electron chi connectivity index (χ2n) is 12.6. The third-order valence-corrected chi connectivity index (χ3v) is 9.63. The Morgan fingerprint density at radius 1 is 0.765 bits per heavy atom. The number of methoxy groups -OCH3 is 1. The molecular weight excluding hydrogens is 646 g/mol. The lowest BCUT2D eigenvalue weighted by molar-refractivity contribution is -0.120. The number of imidazole rings is 1. The van der Waals surface area contributed by atoms with Gasteiger partial charge in [0.1, 0.15) is 22.7 Å². The Morgan fingerprint density at radius 2 is 1.51 bits per heavy atom. The van der Waals surface area contributed by atoms with Gasteiger partial charge in [-0.25, -0.2) is 19.5 Å². The van der Waals surface area contributed by atoms with Gasteiger partial charge in [-0.3, -0.25) is 14.2 Å². The minimum absolute atomic E-state index is 0.119. The van der Waals surface area contributed by atoms with Crippen molar-refractivity contribution in [2.24, 2.45) is 0 Å². The standard InChI is InChI=1S/C41H27N3O7/c1-22-17-35(46)51-32-21-33(49-2)30(20-27(22)32)44-40(47)28-19-29-38(36(37(28)41(44)48)23-9-5-3-6-10-23)43(39(42-29)24-11-7-4-8-12-24)26-14-15-31-25(18-26)13-16-34(45)50-31/h3-18,20-21,36H,19H2,1-2H3.